The zero-order valence-electron chi connectivity index (χ0n) is 14.9. The van der Waals surface area contributed by atoms with E-state index in [0.717, 1.165) is 30.4 Å². The van der Waals surface area contributed by atoms with Gasteiger partial charge in [0.2, 0.25) is 0 Å². The molecule has 4 heteroatoms. The molecule has 0 aliphatic carbocycles. The summed E-state index contributed by atoms with van der Waals surface area (Å²) in [7, 11) is 0. The number of alkyl halides is 2. The van der Waals surface area contributed by atoms with Crippen LogP contribution in [-0.4, -0.2) is 0 Å². The van der Waals surface area contributed by atoms with E-state index in [1.54, 1.807) is 18.2 Å². The molecule has 1 nitrogen and oxygen atoms in total. The monoisotopic (exact) mass is 358 g/mol. The molecule has 0 bridgehead atoms. The van der Waals surface area contributed by atoms with Crippen LogP contribution in [0.5, 0.6) is 5.75 Å². The van der Waals surface area contributed by atoms with Crippen LogP contribution in [0.3, 0.4) is 0 Å². The van der Waals surface area contributed by atoms with Crippen molar-refractivity contribution in [3.63, 3.8) is 0 Å². The van der Waals surface area contributed by atoms with Crippen molar-refractivity contribution in [2.24, 2.45) is 0 Å². The second-order valence-electron chi connectivity index (χ2n) is 6.38. The number of halogens is 3. The van der Waals surface area contributed by atoms with Crippen LogP contribution in [0.1, 0.15) is 37.0 Å². The highest BCUT2D eigenvalue weighted by Gasteiger charge is 2.35. The number of benzene rings is 3. The molecule has 26 heavy (non-hydrogen) atoms. The van der Waals surface area contributed by atoms with E-state index in [1.165, 1.54) is 24.3 Å². The van der Waals surface area contributed by atoms with Crippen LogP contribution >= 0.6 is 0 Å². The van der Waals surface area contributed by atoms with Gasteiger partial charge in [0.05, 0.1) is 5.56 Å². The first-order valence-electron chi connectivity index (χ1n) is 8.81. The standard InChI is InChI=1S/C22H21F3O/c1-3-5-16-6-9-17-14-21(20(23)13-18(17)12-16)26-22(24,25)19-10-7-15(4-2)8-11-19/h6-14H,3-5H2,1-2H3. The number of ether oxygens (including phenoxy) is 1. The Bertz CT molecular complexity index is 901. The topological polar surface area (TPSA) is 9.23 Å². The van der Waals surface area contributed by atoms with Crippen molar-refractivity contribution in [3.8, 4) is 5.75 Å². The quantitative estimate of drug-likeness (QED) is 0.481. The van der Waals surface area contributed by atoms with Crippen molar-refractivity contribution in [2.45, 2.75) is 39.2 Å². The minimum Gasteiger partial charge on any atom is -0.426 e. The molecule has 0 unspecified atom stereocenters. The lowest BCUT2D eigenvalue weighted by molar-refractivity contribution is -0.186. The van der Waals surface area contributed by atoms with Gasteiger partial charge in [-0.05, 0) is 59.0 Å². The van der Waals surface area contributed by atoms with E-state index in [0.29, 0.717) is 10.8 Å². The number of rotatable bonds is 6. The zero-order chi connectivity index (χ0) is 18.7. The number of hydrogen-bond acceptors (Lipinski definition) is 1. The van der Waals surface area contributed by atoms with Crippen LogP contribution < -0.4 is 4.74 Å². The third kappa shape index (κ3) is 3.85. The summed E-state index contributed by atoms with van der Waals surface area (Å²) in [6.45, 7) is 4.01. The molecule has 0 aliphatic heterocycles. The van der Waals surface area contributed by atoms with Gasteiger partial charge in [-0.15, -0.1) is 0 Å². The van der Waals surface area contributed by atoms with Crippen LogP contribution in [0.2, 0.25) is 0 Å². The van der Waals surface area contributed by atoms with E-state index in [2.05, 4.69) is 6.92 Å². The summed E-state index contributed by atoms with van der Waals surface area (Å²) in [5, 5.41) is 1.34. The highest BCUT2D eigenvalue weighted by Crippen LogP contribution is 2.35. The van der Waals surface area contributed by atoms with Crippen LogP contribution in [0.25, 0.3) is 10.8 Å². The molecule has 0 amide bonds. The minimum absolute atomic E-state index is 0.299. The van der Waals surface area contributed by atoms with Crippen molar-refractivity contribution in [2.75, 3.05) is 0 Å². The number of fused-ring (bicyclic) bond motifs is 1. The lowest BCUT2D eigenvalue weighted by Crippen LogP contribution is -2.22. The fourth-order valence-corrected chi connectivity index (χ4v) is 2.95. The summed E-state index contributed by atoms with van der Waals surface area (Å²) in [5.41, 5.74) is 1.74. The van der Waals surface area contributed by atoms with Gasteiger partial charge < -0.3 is 4.74 Å². The summed E-state index contributed by atoms with van der Waals surface area (Å²) >= 11 is 0. The fraction of sp³-hybridized carbons (Fsp3) is 0.273. The molecule has 0 aliphatic rings. The Kier molecular flexibility index (Phi) is 5.21. The van der Waals surface area contributed by atoms with Gasteiger partial charge >= 0.3 is 6.11 Å². The molecular weight excluding hydrogens is 337 g/mol. The SMILES string of the molecule is CCCc1ccc2cc(OC(F)(F)c3ccc(CC)cc3)c(F)cc2c1. The summed E-state index contributed by atoms with van der Waals surface area (Å²) in [4.78, 5) is 0. The lowest BCUT2D eigenvalue weighted by Gasteiger charge is -2.19. The maximum atomic E-state index is 14.4. The first kappa shape index (κ1) is 18.3. The van der Waals surface area contributed by atoms with Crippen molar-refractivity contribution in [1.29, 1.82) is 0 Å². The Labute approximate surface area is 151 Å². The van der Waals surface area contributed by atoms with Crippen molar-refractivity contribution in [1.82, 2.24) is 0 Å². The van der Waals surface area contributed by atoms with Gasteiger partial charge in [-0.1, -0.05) is 50.6 Å². The average Bonchev–Trinajstić information content (AvgIpc) is 2.62. The van der Waals surface area contributed by atoms with E-state index >= 15 is 0 Å². The van der Waals surface area contributed by atoms with Crippen LogP contribution in [0.15, 0.2) is 54.6 Å². The van der Waals surface area contributed by atoms with Gasteiger partial charge in [0.1, 0.15) is 0 Å². The Morgan fingerprint density at radius 3 is 2.19 bits per heavy atom. The van der Waals surface area contributed by atoms with Gasteiger partial charge in [-0.2, -0.15) is 8.78 Å². The van der Waals surface area contributed by atoms with E-state index < -0.39 is 17.7 Å². The molecule has 0 fully saturated rings. The van der Waals surface area contributed by atoms with Crippen LogP contribution in [0, 0.1) is 5.82 Å². The summed E-state index contributed by atoms with van der Waals surface area (Å²) in [6, 6.07) is 14.1. The van der Waals surface area contributed by atoms with Crippen LogP contribution in [0.4, 0.5) is 13.2 Å². The van der Waals surface area contributed by atoms with E-state index in [9.17, 15) is 13.2 Å². The predicted molar refractivity (Wildman–Crippen MR) is 98.2 cm³/mol. The molecule has 0 saturated heterocycles. The first-order chi connectivity index (χ1) is 12.4. The smallest absolute Gasteiger partial charge is 0.426 e. The molecule has 0 saturated carbocycles. The lowest BCUT2D eigenvalue weighted by atomic mass is 10.0. The second kappa shape index (κ2) is 7.40. The summed E-state index contributed by atoms with van der Waals surface area (Å²) < 4.78 is 48.0. The maximum absolute atomic E-state index is 14.4. The molecular formula is C22H21F3O. The molecule has 0 N–H and O–H groups in total. The van der Waals surface area contributed by atoms with Crippen molar-refractivity contribution >= 4 is 10.8 Å². The van der Waals surface area contributed by atoms with E-state index in [4.69, 9.17) is 4.74 Å². The molecule has 3 rings (SSSR count). The zero-order valence-corrected chi connectivity index (χ0v) is 14.9. The fourth-order valence-electron chi connectivity index (χ4n) is 2.95. The van der Waals surface area contributed by atoms with Gasteiger partial charge in [0.25, 0.3) is 0 Å². The van der Waals surface area contributed by atoms with E-state index in [1.807, 2.05) is 19.1 Å². The first-order valence-corrected chi connectivity index (χ1v) is 8.81. The number of aryl methyl sites for hydroxylation is 2. The predicted octanol–water partition coefficient (Wildman–Crippen LogP) is 6.62. The Morgan fingerprint density at radius 2 is 1.54 bits per heavy atom. The highest BCUT2D eigenvalue weighted by atomic mass is 19.3. The molecule has 3 aromatic rings. The van der Waals surface area contributed by atoms with Crippen molar-refractivity contribution in [3.05, 3.63) is 77.1 Å². The molecule has 0 atom stereocenters. The molecule has 0 heterocycles. The van der Waals surface area contributed by atoms with Gasteiger partial charge in [-0.3, -0.25) is 0 Å². The molecule has 0 aromatic heterocycles. The van der Waals surface area contributed by atoms with E-state index in [-0.39, 0.29) is 5.56 Å². The average molecular weight is 358 g/mol. The Morgan fingerprint density at radius 1 is 0.846 bits per heavy atom. The van der Waals surface area contributed by atoms with Gasteiger partial charge in [0.15, 0.2) is 11.6 Å². The second-order valence-corrected chi connectivity index (χ2v) is 6.38. The largest absolute Gasteiger partial charge is 0.426 e. The molecule has 136 valence electrons. The Balaban J connectivity index is 1.91. The normalized spacial score (nSPS) is 11.7. The van der Waals surface area contributed by atoms with Gasteiger partial charge in [0, 0.05) is 0 Å². The number of hydrogen-bond donors (Lipinski definition) is 0. The third-order valence-corrected chi connectivity index (χ3v) is 4.43. The Hall–Kier alpha value is -2.49. The molecule has 0 radical (unpaired) electrons. The maximum Gasteiger partial charge on any atom is 0.426 e. The van der Waals surface area contributed by atoms with Crippen molar-refractivity contribution < 1.29 is 17.9 Å². The third-order valence-electron chi connectivity index (χ3n) is 4.43. The highest BCUT2D eigenvalue weighted by molar-refractivity contribution is 5.84. The van der Waals surface area contributed by atoms with Crippen LogP contribution in [-0.2, 0) is 19.0 Å². The van der Waals surface area contributed by atoms with Gasteiger partial charge in [-0.25, -0.2) is 4.39 Å². The minimum atomic E-state index is -3.61. The summed E-state index contributed by atoms with van der Waals surface area (Å²) in [5.74, 6) is -1.25. The summed E-state index contributed by atoms with van der Waals surface area (Å²) in [6.07, 6.45) is -0.977. The molecule has 3 aromatic carbocycles. The molecule has 0 spiro atoms.